The number of piperidine rings is 1. The summed E-state index contributed by atoms with van der Waals surface area (Å²) in [6.07, 6.45) is 6.97. The Morgan fingerprint density at radius 3 is 2.57 bits per heavy atom. The largest absolute Gasteiger partial charge is 0.351 e. The molecule has 1 amide bonds. The van der Waals surface area contributed by atoms with Gasteiger partial charge in [0.05, 0.1) is 12.6 Å². The second-order valence-electron chi connectivity index (χ2n) is 6.03. The lowest BCUT2D eigenvalue weighted by atomic mass is 9.77. The predicted octanol–water partition coefficient (Wildman–Crippen LogP) is 1.81. The first-order valence-corrected chi connectivity index (χ1v) is 8.51. The fourth-order valence-corrected chi connectivity index (χ4v) is 3.55. The van der Waals surface area contributed by atoms with E-state index < -0.39 is 0 Å². The number of fused-ring (bicyclic) bond motifs is 1. The van der Waals surface area contributed by atoms with E-state index in [1.54, 1.807) is 0 Å². The standard InChI is InChI=1S/C16H30N2O3/c1-3-20-15(21-4-2)11-17-16(19)14-10-9-12-7-5-6-8-13(12)18-14/h12-15,18H,3-11H2,1-2H3,(H,17,19). The maximum Gasteiger partial charge on any atom is 0.237 e. The lowest BCUT2D eigenvalue weighted by Gasteiger charge is -2.40. The van der Waals surface area contributed by atoms with E-state index in [4.69, 9.17) is 9.47 Å². The zero-order valence-corrected chi connectivity index (χ0v) is 13.4. The van der Waals surface area contributed by atoms with E-state index in [0.29, 0.717) is 25.8 Å². The first-order valence-electron chi connectivity index (χ1n) is 8.51. The molecule has 5 heteroatoms. The highest BCUT2D eigenvalue weighted by atomic mass is 16.7. The van der Waals surface area contributed by atoms with E-state index >= 15 is 0 Å². The van der Waals surface area contributed by atoms with Crippen molar-refractivity contribution in [2.75, 3.05) is 19.8 Å². The molecule has 1 aliphatic carbocycles. The molecule has 1 heterocycles. The van der Waals surface area contributed by atoms with Crippen molar-refractivity contribution < 1.29 is 14.3 Å². The molecule has 0 spiro atoms. The molecule has 3 atom stereocenters. The minimum absolute atomic E-state index is 0.0479. The average molecular weight is 298 g/mol. The summed E-state index contributed by atoms with van der Waals surface area (Å²) in [5.74, 6) is 0.867. The van der Waals surface area contributed by atoms with Gasteiger partial charge in [-0.1, -0.05) is 12.8 Å². The minimum atomic E-state index is -0.338. The Kier molecular flexibility index (Phi) is 6.93. The van der Waals surface area contributed by atoms with Crippen LogP contribution in [-0.4, -0.2) is 44.0 Å². The lowest BCUT2D eigenvalue weighted by Crippen LogP contribution is -2.55. The molecule has 2 aliphatic rings. The van der Waals surface area contributed by atoms with Crippen molar-refractivity contribution >= 4 is 5.91 Å². The van der Waals surface area contributed by atoms with Gasteiger partial charge in [0.2, 0.25) is 5.91 Å². The molecule has 3 unspecified atom stereocenters. The molecule has 2 fully saturated rings. The normalized spacial score (nSPS) is 29.2. The van der Waals surface area contributed by atoms with Crippen LogP contribution in [0.25, 0.3) is 0 Å². The molecule has 5 nitrogen and oxygen atoms in total. The molecule has 1 saturated heterocycles. The molecular weight excluding hydrogens is 268 g/mol. The number of hydrogen-bond donors (Lipinski definition) is 2. The second kappa shape index (κ2) is 8.71. The number of carbonyl (C=O) groups is 1. The Bertz CT molecular complexity index is 319. The van der Waals surface area contributed by atoms with Gasteiger partial charge < -0.3 is 20.1 Å². The van der Waals surface area contributed by atoms with Crippen LogP contribution in [0.2, 0.25) is 0 Å². The molecule has 1 aliphatic heterocycles. The maximum atomic E-state index is 12.3. The van der Waals surface area contributed by atoms with Gasteiger partial charge in [0.1, 0.15) is 0 Å². The van der Waals surface area contributed by atoms with Crippen LogP contribution in [0.15, 0.2) is 0 Å². The number of nitrogens with one attached hydrogen (secondary N) is 2. The summed E-state index contributed by atoms with van der Waals surface area (Å²) >= 11 is 0. The third kappa shape index (κ3) is 4.94. The van der Waals surface area contributed by atoms with Gasteiger partial charge in [-0.15, -0.1) is 0 Å². The first-order chi connectivity index (χ1) is 10.2. The Hall–Kier alpha value is -0.650. The van der Waals surface area contributed by atoms with Gasteiger partial charge in [-0.05, 0) is 45.4 Å². The molecule has 0 aromatic rings. The number of carbonyl (C=O) groups excluding carboxylic acids is 1. The van der Waals surface area contributed by atoms with Crippen LogP contribution in [0.5, 0.6) is 0 Å². The Morgan fingerprint density at radius 1 is 1.14 bits per heavy atom. The Balaban J connectivity index is 1.75. The third-order valence-corrected chi connectivity index (χ3v) is 4.62. The van der Waals surface area contributed by atoms with Crippen LogP contribution in [0, 0.1) is 5.92 Å². The molecule has 2 rings (SSSR count). The highest BCUT2D eigenvalue weighted by molar-refractivity contribution is 5.81. The quantitative estimate of drug-likeness (QED) is 0.704. The van der Waals surface area contributed by atoms with Gasteiger partial charge in [-0.25, -0.2) is 0 Å². The molecule has 1 saturated carbocycles. The lowest BCUT2D eigenvalue weighted by molar-refractivity contribution is -0.141. The molecule has 0 radical (unpaired) electrons. The van der Waals surface area contributed by atoms with E-state index in [9.17, 15) is 4.79 Å². The summed E-state index contributed by atoms with van der Waals surface area (Å²) < 4.78 is 10.9. The van der Waals surface area contributed by atoms with Gasteiger partial charge in [-0.3, -0.25) is 4.79 Å². The monoisotopic (exact) mass is 298 g/mol. The third-order valence-electron chi connectivity index (χ3n) is 4.62. The zero-order valence-electron chi connectivity index (χ0n) is 13.4. The number of amides is 1. The summed E-state index contributed by atoms with van der Waals surface area (Å²) in [5, 5.41) is 6.52. The van der Waals surface area contributed by atoms with Crippen molar-refractivity contribution in [1.82, 2.24) is 10.6 Å². The minimum Gasteiger partial charge on any atom is -0.351 e. The van der Waals surface area contributed by atoms with Gasteiger partial charge in [0.25, 0.3) is 0 Å². The first kappa shape index (κ1) is 16.7. The summed E-state index contributed by atoms with van der Waals surface area (Å²) in [7, 11) is 0. The molecule has 2 N–H and O–H groups in total. The molecule has 21 heavy (non-hydrogen) atoms. The summed E-state index contributed by atoms with van der Waals surface area (Å²) in [6, 6.07) is 0.492. The molecule has 122 valence electrons. The molecular formula is C16H30N2O3. The van der Waals surface area contributed by atoms with Crippen molar-refractivity contribution in [3.05, 3.63) is 0 Å². The van der Waals surface area contributed by atoms with Crippen LogP contribution in [-0.2, 0) is 14.3 Å². The summed E-state index contributed by atoms with van der Waals surface area (Å²) in [5.41, 5.74) is 0. The predicted molar refractivity (Wildman–Crippen MR) is 82.0 cm³/mol. The van der Waals surface area contributed by atoms with Crippen molar-refractivity contribution in [2.24, 2.45) is 5.92 Å². The van der Waals surface area contributed by atoms with Gasteiger partial charge in [0.15, 0.2) is 6.29 Å². The Labute approximate surface area is 128 Å². The van der Waals surface area contributed by atoms with Crippen LogP contribution < -0.4 is 10.6 Å². The van der Waals surface area contributed by atoms with Crippen molar-refractivity contribution in [3.63, 3.8) is 0 Å². The number of rotatable bonds is 7. The van der Waals surface area contributed by atoms with Crippen LogP contribution in [0.4, 0.5) is 0 Å². The van der Waals surface area contributed by atoms with Crippen LogP contribution in [0.3, 0.4) is 0 Å². The summed E-state index contributed by atoms with van der Waals surface area (Å²) in [6.45, 7) is 5.46. The SMILES string of the molecule is CCOC(CNC(=O)C1CCC2CCCCC2N1)OCC. The highest BCUT2D eigenvalue weighted by Gasteiger charge is 2.34. The zero-order chi connectivity index (χ0) is 15.1. The van der Waals surface area contributed by atoms with Crippen molar-refractivity contribution in [1.29, 1.82) is 0 Å². The van der Waals surface area contributed by atoms with E-state index in [0.717, 1.165) is 12.3 Å². The number of hydrogen-bond acceptors (Lipinski definition) is 4. The second-order valence-corrected chi connectivity index (χ2v) is 6.03. The smallest absolute Gasteiger partial charge is 0.237 e. The van der Waals surface area contributed by atoms with Crippen LogP contribution in [0.1, 0.15) is 52.4 Å². The van der Waals surface area contributed by atoms with E-state index in [2.05, 4.69) is 10.6 Å². The van der Waals surface area contributed by atoms with Crippen LogP contribution >= 0.6 is 0 Å². The fourth-order valence-electron chi connectivity index (χ4n) is 3.55. The molecule has 0 bridgehead atoms. The van der Waals surface area contributed by atoms with E-state index in [1.165, 1.54) is 32.1 Å². The number of ether oxygens (including phenoxy) is 2. The van der Waals surface area contributed by atoms with Gasteiger partial charge in [-0.2, -0.15) is 0 Å². The summed E-state index contributed by atoms with van der Waals surface area (Å²) in [4.78, 5) is 12.3. The van der Waals surface area contributed by atoms with E-state index in [-0.39, 0.29) is 18.2 Å². The Morgan fingerprint density at radius 2 is 1.86 bits per heavy atom. The maximum absolute atomic E-state index is 12.3. The van der Waals surface area contributed by atoms with Crippen molar-refractivity contribution in [3.8, 4) is 0 Å². The molecule has 0 aromatic carbocycles. The fraction of sp³-hybridized carbons (Fsp3) is 0.938. The van der Waals surface area contributed by atoms with Crippen molar-refractivity contribution in [2.45, 2.75) is 70.7 Å². The topological polar surface area (TPSA) is 59.6 Å². The average Bonchev–Trinajstić information content (AvgIpc) is 2.52. The molecule has 0 aromatic heterocycles. The van der Waals surface area contributed by atoms with E-state index in [1.807, 2.05) is 13.8 Å². The van der Waals surface area contributed by atoms with Gasteiger partial charge >= 0.3 is 0 Å². The van der Waals surface area contributed by atoms with Gasteiger partial charge in [0, 0.05) is 19.3 Å². The highest BCUT2D eigenvalue weighted by Crippen LogP contribution is 2.32.